The summed E-state index contributed by atoms with van der Waals surface area (Å²) in [6.07, 6.45) is 2.40. The zero-order chi connectivity index (χ0) is 21.4. The topological polar surface area (TPSA) is 41.5 Å². The van der Waals surface area contributed by atoms with Crippen LogP contribution in [0.25, 0.3) is 10.8 Å². The predicted octanol–water partition coefficient (Wildman–Crippen LogP) is 5.67. The normalized spacial score (nSPS) is 14.0. The molecule has 2 N–H and O–H groups in total. The first-order valence-corrected chi connectivity index (χ1v) is 11.0. The van der Waals surface area contributed by atoms with Crippen molar-refractivity contribution in [3.05, 3.63) is 83.9 Å². The van der Waals surface area contributed by atoms with E-state index in [2.05, 4.69) is 80.7 Å². The molecule has 0 amide bonds. The van der Waals surface area contributed by atoms with Crippen LogP contribution in [-0.4, -0.2) is 29.9 Å². The molecule has 0 saturated heterocycles. The van der Waals surface area contributed by atoms with Crippen molar-refractivity contribution in [2.45, 2.75) is 57.8 Å². The number of aliphatic hydroxyl groups is 1. The van der Waals surface area contributed by atoms with Gasteiger partial charge in [0.1, 0.15) is 0 Å². The summed E-state index contributed by atoms with van der Waals surface area (Å²) < 4.78 is 6.07. The molecule has 0 aromatic heterocycles. The number of fused-ring (bicyclic) bond motifs is 1. The Labute approximate surface area is 181 Å². The number of hydrogen-bond acceptors (Lipinski definition) is 3. The van der Waals surface area contributed by atoms with E-state index in [0.717, 1.165) is 19.3 Å². The molecule has 2 unspecified atom stereocenters. The summed E-state index contributed by atoms with van der Waals surface area (Å²) in [6, 6.07) is 25.4. The second-order valence-electron chi connectivity index (χ2n) is 8.80. The maximum atomic E-state index is 10.5. The molecule has 3 nitrogen and oxygen atoms in total. The Morgan fingerprint density at radius 2 is 1.63 bits per heavy atom. The number of nitrogens with one attached hydrogen (secondary N) is 1. The smallest absolute Gasteiger partial charge is 0.0898 e. The Kier molecular flexibility index (Phi) is 8.03. The van der Waals surface area contributed by atoms with Crippen molar-refractivity contribution in [3.8, 4) is 0 Å². The molecule has 3 aromatic carbocycles. The molecule has 0 aliphatic rings. The molecule has 0 aliphatic carbocycles. The molecular formula is C27H35NO2. The van der Waals surface area contributed by atoms with Gasteiger partial charge in [-0.2, -0.15) is 0 Å². The molecule has 0 aliphatic heterocycles. The van der Waals surface area contributed by atoms with Crippen LogP contribution in [0.5, 0.6) is 0 Å². The first kappa shape index (κ1) is 22.5. The van der Waals surface area contributed by atoms with E-state index in [9.17, 15) is 5.11 Å². The van der Waals surface area contributed by atoms with E-state index in [-0.39, 0.29) is 11.6 Å². The fourth-order valence-electron chi connectivity index (χ4n) is 3.88. The van der Waals surface area contributed by atoms with Crippen molar-refractivity contribution in [1.82, 2.24) is 5.32 Å². The van der Waals surface area contributed by atoms with Gasteiger partial charge in [-0.3, -0.25) is 0 Å². The Morgan fingerprint density at radius 3 is 2.37 bits per heavy atom. The molecule has 0 saturated carbocycles. The maximum Gasteiger partial charge on any atom is 0.0898 e. The molecular weight excluding hydrogens is 370 g/mol. The van der Waals surface area contributed by atoms with Crippen molar-refractivity contribution >= 4 is 10.8 Å². The van der Waals surface area contributed by atoms with Crippen LogP contribution in [-0.2, 0) is 11.2 Å². The molecule has 3 rings (SSSR count). The Morgan fingerprint density at radius 1 is 0.933 bits per heavy atom. The van der Waals surface area contributed by atoms with Gasteiger partial charge in [0, 0.05) is 12.1 Å². The molecule has 0 heterocycles. The molecule has 0 radical (unpaired) electrons. The number of hydrogen-bond donors (Lipinski definition) is 2. The lowest BCUT2D eigenvalue weighted by atomic mass is 9.93. The third-order valence-corrected chi connectivity index (χ3v) is 5.49. The first-order chi connectivity index (χ1) is 14.5. The lowest BCUT2D eigenvalue weighted by Gasteiger charge is -2.28. The molecule has 2 atom stereocenters. The Bertz CT molecular complexity index is 907. The highest BCUT2D eigenvalue weighted by Gasteiger charge is 2.20. The summed E-state index contributed by atoms with van der Waals surface area (Å²) in [5.74, 6) is 0. The van der Waals surface area contributed by atoms with Crippen molar-refractivity contribution in [3.63, 3.8) is 0 Å². The van der Waals surface area contributed by atoms with Gasteiger partial charge >= 0.3 is 0 Å². The minimum absolute atomic E-state index is 0.0384. The van der Waals surface area contributed by atoms with Gasteiger partial charge in [0.2, 0.25) is 0 Å². The van der Waals surface area contributed by atoms with Gasteiger partial charge in [0.05, 0.1) is 18.8 Å². The van der Waals surface area contributed by atoms with Crippen molar-refractivity contribution in [2.75, 3.05) is 13.2 Å². The fourth-order valence-corrected chi connectivity index (χ4v) is 3.88. The Balaban J connectivity index is 1.50. The van der Waals surface area contributed by atoms with E-state index in [1.807, 2.05) is 18.2 Å². The monoisotopic (exact) mass is 405 g/mol. The Hall–Kier alpha value is -2.20. The molecule has 0 bridgehead atoms. The SMILES string of the molecule is CCCC(OCC(O)CNC(C)(C)Cc1ccc2ccccc2c1)c1ccccc1. The van der Waals surface area contributed by atoms with Crippen LogP contribution in [0.4, 0.5) is 0 Å². The third-order valence-electron chi connectivity index (χ3n) is 5.49. The van der Waals surface area contributed by atoms with Crippen molar-refractivity contribution < 1.29 is 9.84 Å². The summed E-state index contributed by atoms with van der Waals surface area (Å²) in [5, 5.41) is 16.5. The number of benzene rings is 3. The highest BCUT2D eigenvalue weighted by atomic mass is 16.5. The average Bonchev–Trinajstić information content (AvgIpc) is 2.75. The molecule has 0 fully saturated rings. The van der Waals surface area contributed by atoms with Gasteiger partial charge in [-0.25, -0.2) is 0 Å². The number of ether oxygens (including phenoxy) is 1. The minimum atomic E-state index is -0.538. The molecule has 0 spiro atoms. The fraction of sp³-hybridized carbons (Fsp3) is 0.407. The van der Waals surface area contributed by atoms with Crippen molar-refractivity contribution in [1.29, 1.82) is 0 Å². The van der Waals surface area contributed by atoms with Gasteiger partial charge in [0.25, 0.3) is 0 Å². The number of aliphatic hydroxyl groups excluding tert-OH is 1. The van der Waals surface area contributed by atoms with Crippen molar-refractivity contribution in [2.24, 2.45) is 0 Å². The summed E-state index contributed by atoms with van der Waals surface area (Å²) >= 11 is 0. The molecule has 3 heteroatoms. The molecule has 160 valence electrons. The standard InChI is InChI=1S/C27H35NO2/c1-4-10-26(23-12-6-5-7-13-23)30-20-25(29)19-28-27(2,3)18-21-15-16-22-11-8-9-14-24(22)17-21/h5-9,11-17,25-26,28-29H,4,10,18-20H2,1-3H3. The van der Waals surface area contributed by atoms with Gasteiger partial charge in [0.15, 0.2) is 0 Å². The summed E-state index contributed by atoms with van der Waals surface area (Å²) in [6.45, 7) is 7.36. The second-order valence-corrected chi connectivity index (χ2v) is 8.80. The zero-order valence-electron chi connectivity index (χ0n) is 18.5. The van der Waals surface area contributed by atoms with Gasteiger partial charge < -0.3 is 15.2 Å². The summed E-state index contributed by atoms with van der Waals surface area (Å²) in [7, 11) is 0. The minimum Gasteiger partial charge on any atom is -0.389 e. The lowest BCUT2D eigenvalue weighted by molar-refractivity contribution is -0.0154. The molecule has 30 heavy (non-hydrogen) atoms. The largest absolute Gasteiger partial charge is 0.389 e. The zero-order valence-corrected chi connectivity index (χ0v) is 18.5. The van der Waals surface area contributed by atoms with Crippen LogP contribution in [0.1, 0.15) is 50.8 Å². The number of β-amino-alcohol motifs (C(OH)–C–C–N with tert-alkyl or cyclic N) is 1. The van der Waals surface area contributed by atoms with Crippen LogP contribution < -0.4 is 5.32 Å². The van der Waals surface area contributed by atoms with E-state index in [1.165, 1.54) is 21.9 Å². The number of rotatable bonds is 11. The van der Waals surface area contributed by atoms with E-state index >= 15 is 0 Å². The van der Waals surface area contributed by atoms with E-state index < -0.39 is 6.10 Å². The van der Waals surface area contributed by atoms with Gasteiger partial charge in [-0.15, -0.1) is 0 Å². The van der Waals surface area contributed by atoms with Crippen LogP contribution in [0, 0.1) is 0 Å². The van der Waals surface area contributed by atoms with E-state index in [4.69, 9.17) is 4.74 Å². The third kappa shape index (κ3) is 6.66. The second kappa shape index (κ2) is 10.7. The highest BCUT2D eigenvalue weighted by Crippen LogP contribution is 2.23. The van der Waals surface area contributed by atoms with Crippen LogP contribution in [0.15, 0.2) is 72.8 Å². The summed E-state index contributed by atoms with van der Waals surface area (Å²) in [4.78, 5) is 0. The van der Waals surface area contributed by atoms with E-state index in [0.29, 0.717) is 13.2 Å². The lowest BCUT2D eigenvalue weighted by Crippen LogP contribution is -2.46. The van der Waals surface area contributed by atoms with Crippen LogP contribution in [0.2, 0.25) is 0 Å². The predicted molar refractivity (Wildman–Crippen MR) is 126 cm³/mol. The molecule has 3 aromatic rings. The highest BCUT2D eigenvalue weighted by molar-refractivity contribution is 5.83. The average molecular weight is 406 g/mol. The quantitative estimate of drug-likeness (QED) is 0.432. The van der Waals surface area contributed by atoms with Gasteiger partial charge in [-0.05, 0) is 48.6 Å². The van der Waals surface area contributed by atoms with E-state index in [1.54, 1.807) is 0 Å². The van der Waals surface area contributed by atoms with Gasteiger partial charge in [-0.1, -0.05) is 86.1 Å². The first-order valence-electron chi connectivity index (χ1n) is 11.0. The maximum absolute atomic E-state index is 10.5. The summed E-state index contributed by atoms with van der Waals surface area (Å²) in [5.41, 5.74) is 2.35. The van der Waals surface area contributed by atoms with Crippen LogP contribution in [0.3, 0.4) is 0 Å². The van der Waals surface area contributed by atoms with Crippen LogP contribution >= 0.6 is 0 Å².